The lowest BCUT2D eigenvalue weighted by atomic mass is 10.2. The molecule has 114 valence electrons. The summed E-state index contributed by atoms with van der Waals surface area (Å²) in [6, 6.07) is 2.25. The second-order valence-electron chi connectivity index (χ2n) is 4.68. The maximum Gasteiger partial charge on any atom is 0.325 e. The fourth-order valence-corrected chi connectivity index (χ4v) is 2.38. The lowest BCUT2D eigenvalue weighted by molar-refractivity contribution is -0.384. The van der Waals surface area contributed by atoms with Gasteiger partial charge < -0.3 is 9.64 Å². The van der Waals surface area contributed by atoms with Gasteiger partial charge in [-0.2, -0.15) is 0 Å². The van der Waals surface area contributed by atoms with Crippen molar-refractivity contribution in [3.63, 3.8) is 0 Å². The third-order valence-corrected chi connectivity index (χ3v) is 3.72. The molecule has 6 nitrogen and oxygen atoms in total. The first-order chi connectivity index (χ1) is 9.93. The van der Waals surface area contributed by atoms with E-state index in [0.29, 0.717) is 0 Å². The quantitative estimate of drug-likeness (QED) is 0.442. The predicted molar refractivity (Wildman–Crippen MR) is 77.8 cm³/mol. The molecular weight excluding hydrogens is 347 g/mol. The van der Waals surface area contributed by atoms with Gasteiger partial charge in [0.05, 0.1) is 22.1 Å². The van der Waals surface area contributed by atoms with Crippen LogP contribution in [-0.4, -0.2) is 30.1 Å². The molecule has 0 heterocycles. The maximum atomic E-state index is 13.5. The average Bonchev–Trinajstić information content (AvgIpc) is 3.23. The highest BCUT2D eigenvalue weighted by atomic mass is 79.9. The van der Waals surface area contributed by atoms with Crippen LogP contribution in [0.5, 0.6) is 0 Å². The van der Waals surface area contributed by atoms with E-state index in [-0.39, 0.29) is 35.0 Å². The summed E-state index contributed by atoms with van der Waals surface area (Å²) >= 11 is 3.02. The Bertz CT molecular complexity index is 578. The van der Waals surface area contributed by atoms with E-state index in [1.54, 1.807) is 11.8 Å². The van der Waals surface area contributed by atoms with Crippen LogP contribution in [-0.2, 0) is 9.53 Å². The summed E-state index contributed by atoms with van der Waals surface area (Å²) in [6.45, 7) is 1.85. The Morgan fingerprint density at radius 3 is 2.76 bits per heavy atom. The minimum atomic E-state index is -0.711. The molecule has 1 aliphatic carbocycles. The van der Waals surface area contributed by atoms with Gasteiger partial charge in [-0.25, -0.2) is 4.39 Å². The van der Waals surface area contributed by atoms with Gasteiger partial charge in [-0.05, 0) is 41.8 Å². The van der Waals surface area contributed by atoms with Crippen molar-refractivity contribution >= 4 is 33.3 Å². The van der Waals surface area contributed by atoms with Gasteiger partial charge in [-0.15, -0.1) is 0 Å². The molecule has 1 aliphatic rings. The number of carbonyl (C=O) groups excluding carboxylic acids is 1. The number of nitro groups is 1. The first-order valence-corrected chi connectivity index (χ1v) is 7.29. The summed E-state index contributed by atoms with van der Waals surface area (Å²) in [5.41, 5.74) is -0.129. The molecule has 0 spiro atoms. The monoisotopic (exact) mass is 360 g/mol. The van der Waals surface area contributed by atoms with Gasteiger partial charge in [0.25, 0.3) is 5.69 Å². The Labute approximate surface area is 129 Å². The van der Waals surface area contributed by atoms with Crippen LogP contribution in [0.4, 0.5) is 15.8 Å². The van der Waals surface area contributed by atoms with Crippen molar-refractivity contribution in [2.24, 2.45) is 0 Å². The molecule has 0 aromatic heterocycles. The van der Waals surface area contributed by atoms with Crippen molar-refractivity contribution in [3.8, 4) is 0 Å². The molecule has 0 atom stereocenters. The summed E-state index contributed by atoms with van der Waals surface area (Å²) in [5.74, 6) is -1.17. The molecule has 0 bridgehead atoms. The number of halogens is 2. The Kier molecular flexibility index (Phi) is 4.76. The number of anilines is 1. The molecule has 1 aromatic rings. The molecule has 1 aromatic carbocycles. The fourth-order valence-electron chi connectivity index (χ4n) is 2.05. The molecule has 0 unspecified atom stereocenters. The van der Waals surface area contributed by atoms with Crippen LogP contribution in [0, 0.1) is 15.9 Å². The van der Waals surface area contributed by atoms with Crippen LogP contribution < -0.4 is 4.90 Å². The van der Waals surface area contributed by atoms with Gasteiger partial charge in [0.1, 0.15) is 18.0 Å². The Balaban J connectivity index is 2.37. The van der Waals surface area contributed by atoms with Gasteiger partial charge in [0.15, 0.2) is 0 Å². The smallest absolute Gasteiger partial charge is 0.325 e. The third kappa shape index (κ3) is 3.69. The predicted octanol–water partition coefficient (Wildman–Crippen LogP) is 3.03. The minimum Gasteiger partial charge on any atom is -0.465 e. The summed E-state index contributed by atoms with van der Waals surface area (Å²) in [7, 11) is 0. The molecule has 0 saturated heterocycles. The molecular formula is C13H14BrFN2O4. The van der Waals surface area contributed by atoms with Gasteiger partial charge in [0.2, 0.25) is 0 Å². The van der Waals surface area contributed by atoms with Gasteiger partial charge >= 0.3 is 5.97 Å². The molecule has 21 heavy (non-hydrogen) atoms. The number of hydrogen-bond donors (Lipinski definition) is 0. The van der Waals surface area contributed by atoms with Gasteiger partial charge in [-0.1, -0.05) is 0 Å². The van der Waals surface area contributed by atoms with Crippen LogP contribution in [0.2, 0.25) is 0 Å². The second-order valence-corrected chi connectivity index (χ2v) is 5.53. The molecule has 0 amide bonds. The van der Waals surface area contributed by atoms with Crippen LogP contribution in [0.15, 0.2) is 16.6 Å². The van der Waals surface area contributed by atoms with Crippen molar-refractivity contribution in [1.29, 1.82) is 0 Å². The molecule has 2 rings (SSSR count). The molecule has 0 aliphatic heterocycles. The zero-order chi connectivity index (χ0) is 15.6. The highest BCUT2D eigenvalue weighted by molar-refractivity contribution is 9.10. The first-order valence-electron chi connectivity index (χ1n) is 6.49. The maximum absolute atomic E-state index is 13.5. The van der Waals surface area contributed by atoms with E-state index in [0.717, 1.165) is 18.9 Å². The van der Waals surface area contributed by atoms with E-state index in [4.69, 9.17) is 4.74 Å². The van der Waals surface area contributed by atoms with Crippen LogP contribution in [0.1, 0.15) is 19.8 Å². The number of rotatable bonds is 6. The van der Waals surface area contributed by atoms with E-state index < -0.39 is 16.7 Å². The Hall–Kier alpha value is -1.70. The van der Waals surface area contributed by atoms with E-state index in [1.807, 2.05) is 0 Å². The summed E-state index contributed by atoms with van der Waals surface area (Å²) < 4.78 is 18.5. The van der Waals surface area contributed by atoms with E-state index >= 15 is 0 Å². The van der Waals surface area contributed by atoms with E-state index in [9.17, 15) is 19.3 Å². The van der Waals surface area contributed by atoms with Crippen molar-refractivity contribution in [2.75, 3.05) is 18.1 Å². The normalized spacial score (nSPS) is 13.9. The highest BCUT2D eigenvalue weighted by Gasteiger charge is 2.35. The number of esters is 1. The lowest BCUT2D eigenvalue weighted by Gasteiger charge is -2.23. The van der Waals surface area contributed by atoms with Gasteiger partial charge in [0, 0.05) is 6.04 Å². The molecule has 0 N–H and O–H groups in total. The number of benzene rings is 1. The van der Waals surface area contributed by atoms with Crippen molar-refractivity contribution in [2.45, 2.75) is 25.8 Å². The fraction of sp³-hybridized carbons (Fsp3) is 0.462. The Morgan fingerprint density at radius 1 is 1.57 bits per heavy atom. The summed E-state index contributed by atoms with van der Waals surface area (Å²) in [6.07, 6.45) is 1.68. The van der Waals surface area contributed by atoms with Crippen molar-refractivity contribution in [3.05, 3.63) is 32.5 Å². The number of ether oxygens (including phenoxy) is 1. The highest BCUT2D eigenvalue weighted by Crippen LogP contribution is 2.39. The number of nitrogens with zero attached hydrogens (tertiary/aromatic N) is 2. The average molecular weight is 361 g/mol. The summed E-state index contributed by atoms with van der Waals surface area (Å²) in [4.78, 5) is 23.8. The van der Waals surface area contributed by atoms with Crippen molar-refractivity contribution in [1.82, 2.24) is 0 Å². The number of hydrogen-bond acceptors (Lipinski definition) is 5. The zero-order valence-electron chi connectivity index (χ0n) is 11.3. The second kappa shape index (κ2) is 6.38. The summed E-state index contributed by atoms with van der Waals surface area (Å²) in [5, 5.41) is 11.1. The zero-order valence-corrected chi connectivity index (χ0v) is 12.9. The lowest BCUT2D eigenvalue weighted by Crippen LogP contribution is -2.33. The Morgan fingerprint density at radius 2 is 2.24 bits per heavy atom. The standard InChI is InChI=1S/C13H14BrFN2O4/c1-2-21-13(18)7-16(8-3-4-8)11-5-9(14)10(15)6-12(11)17(19)20/h5-6,8H,2-4,7H2,1H3. The van der Waals surface area contributed by atoms with E-state index in [2.05, 4.69) is 15.9 Å². The molecule has 1 fully saturated rings. The largest absolute Gasteiger partial charge is 0.465 e. The first kappa shape index (κ1) is 15.7. The number of carbonyl (C=O) groups is 1. The topological polar surface area (TPSA) is 72.7 Å². The van der Waals surface area contributed by atoms with Crippen LogP contribution >= 0.6 is 15.9 Å². The van der Waals surface area contributed by atoms with Crippen LogP contribution in [0.3, 0.4) is 0 Å². The SMILES string of the molecule is CCOC(=O)CN(c1cc(Br)c(F)cc1[N+](=O)[O-])C1CC1. The van der Waals surface area contributed by atoms with E-state index in [1.165, 1.54) is 6.07 Å². The van der Waals surface area contributed by atoms with Gasteiger partial charge in [-0.3, -0.25) is 14.9 Å². The molecule has 1 saturated carbocycles. The van der Waals surface area contributed by atoms with Crippen molar-refractivity contribution < 1.29 is 18.8 Å². The minimum absolute atomic E-state index is 0.0467. The molecule has 0 radical (unpaired) electrons. The molecule has 8 heteroatoms. The number of nitro benzene ring substituents is 1. The third-order valence-electron chi connectivity index (χ3n) is 3.12. The van der Waals surface area contributed by atoms with Crippen LogP contribution in [0.25, 0.3) is 0 Å².